The maximum atomic E-state index is 14.4. The van der Waals surface area contributed by atoms with Crippen LogP contribution in [0.4, 0.5) is 25.8 Å². The Bertz CT molecular complexity index is 1390. The van der Waals surface area contributed by atoms with Gasteiger partial charge in [-0.1, -0.05) is 6.07 Å². The van der Waals surface area contributed by atoms with Gasteiger partial charge in [-0.05, 0) is 57.6 Å². The fraction of sp³-hybridized carbons (Fsp3) is 0.370. The summed E-state index contributed by atoms with van der Waals surface area (Å²) in [5, 5.41) is 23.5. The number of carbonyl (C=O) groups is 1. The molecule has 0 radical (unpaired) electrons. The Balaban J connectivity index is 1.79. The number of aliphatic hydroxyl groups excluding tert-OH is 1. The standard InChI is InChI=1S/C27H33F2N7O3/c1-15(2)32-21-7-8-22(25(18(21)12-31-3)35-13-16(30)11-17(35)14-37)33-27(39)23-9-10-24(38)36(34-23)26-19(28)5-4-6-20(26)29/h4-10,15-17,31-32,37H,11-14,30H2,1-3H3,(H,33,39). The van der Waals surface area contributed by atoms with E-state index >= 15 is 0 Å². The number of para-hydroxylation sites is 1. The number of aliphatic hydroxyl groups is 1. The summed E-state index contributed by atoms with van der Waals surface area (Å²) < 4.78 is 29.3. The summed E-state index contributed by atoms with van der Waals surface area (Å²) in [5.74, 6) is -2.67. The zero-order chi connectivity index (χ0) is 28.3. The average molecular weight is 542 g/mol. The second-order valence-electron chi connectivity index (χ2n) is 9.79. The molecule has 1 aromatic heterocycles. The van der Waals surface area contributed by atoms with Crippen LogP contribution < -0.4 is 32.1 Å². The van der Waals surface area contributed by atoms with E-state index in [4.69, 9.17) is 5.73 Å². The molecule has 2 aromatic carbocycles. The molecule has 2 atom stereocenters. The number of nitrogens with two attached hydrogens (primary N) is 1. The van der Waals surface area contributed by atoms with Crippen LogP contribution in [-0.2, 0) is 6.54 Å². The highest BCUT2D eigenvalue weighted by molar-refractivity contribution is 6.05. The predicted molar refractivity (Wildman–Crippen MR) is 146 cm³/mol. The van der Waals surface area contributed by atoms with Gasteiger partial charge in [0.05, 0.1) is 24.0 Å². The summed E-state index contributed by atoms with van der Waals surface area (Å²) in [6.45, 7) is 4.82. The molecule has 1 aliphatic heterocycles. The van der Waals surface area contributed by atoms with Crippen molar-refractivity contribution in [3.63, 3.8) is 0 Å². The third kappa shape index (κ3) is 5.92. The van der Waals surface area contributed by atoms with Crippen LogP contribution in [-0.4, -0.2) is 59.1 Å². The van der Waals surface area contributed by atoms with Crippen LogP contribution >= 0.6 is 0 Å². The number of amides is 1. The Morgan fingerprint density at radius 1 is 1.13 bits per heavy atom. The van der Waals surface area contributed by atoms with E-state index in [2.05, 4.69) is 21.0 Å². The van der Waals surface area contributed by atoms with Gasteiger partial charge >= 0.3 is 0 Å². The predicted octanol–water partition coefficient (Wildman–Crippen LogP) is 2.20. The number of nitrogens with zero attached hydrogens (tertiary/aromatic N) is 3. The SMILES string of the molecule is CNCc1c(NC(C)C)ccc(NC(=O)c2ccc(=O)n(-c3c(F)cccc3F)n2)c1N1CC(N)CC1CO. The Hall–Kier alpha value is -3.87. The fourth-order valence-corrected chi connectivity index (χ4v) is 4.84. The first-order valence-corrected chi connectivity index (χ1v) is 12.7. The van der Waals surface area contributed by atoms with Crippen LogP contribution in [0, 0.1) is 11.6 Å². The summed E-state index contributed by atoms with van der Waals surface area (Å²) >= 11 is 0. The topological polar surface area (TPSA) is 138 Å². The minimum absolute atomic E-state index is 0.122. The quantitative estimate of drug-likeness (QED) is 0.278. The fourth-order valence-electron chi connectivity index (χ4n) is 4.84. The summed E-state index contributed by atoms with van der Waals surface area (Å²) in [5.41, 5.74) is 7.39. The number of benzene rings is 2. The lowest BCUT2D eigenvalue weighted by atomic mass is 10.0. The first-order valence-electron chi connectivity index (χ1n) is 12.7. The largest absolute Gasteiger partial charge is 0.394 e. The molecular weight excluding hydrogens is 508 g/mol. The third-order valence-corrected chi connectivity index (χ3v) is 6.46. The minimum Gasteiger partial charge on any atom is -0.394 e. The molecule has 1 amide bonds. The van der Waals surface area contributed by atoms with Crippen molar-refractivity contribution in [1.29, 1.82) is 0 Å². The summed E-state index contributed by atoms with van der Waals surface area (Å²) in [6.07, 6.45) is 0.575. The Morgan fingerprint density at radius 2 is 1.82 bits per heavy atom. The Kier molecular flexibility index (Phi) is 8.58. The van der Waals surface area contributed by atoms with Gasteiger partial charge in [0.25, 0.3) is 11.5 Å². The average Bonchev–Trinajstić information content (AvgIpc) is 3.26. The zero-order valence-corrected chi connectivity index (χ0v) is 22.0. The highest BCUT2D eigenvalue weighted by atomic mass is 19.1. The maximum absolute atomic E-state index is 14.4. The van der Waals surface area contributed by atoms with E-state index in [9.17, 15) is 23.5 Å². The normalized spacial score (nSPS) is 17.1. The van der Waals surface area contributed by atoms with Gasteiger partial charge < -0.3 is 31.7 Å². The molecule has 208 valence electrons. The van der Waals surface area contributed by atoms with Crippen molar-refractivity contribution in [1.82, 2.24) is 15.1 Å². The number of hydrogen-bond acceptors (Lipinski definition) is 8. The van der Waals surface area contributed by atoms with Crippen molar-refractivity contribution >= 4 is 23.0 Å². The number of rotatable bonds is 9. The summed E-state index contributed by atoms with van der Waals surface area (Å²) in [4.78, 5) is 27.8. The van der Waals surface area contributed by atoms with Crippen molar-refractivity contribution in [3.8, 4) is 5.69 Å². The van der Waals surface area contributed by atoms with Crippen LogP contribution in [0.5, 0.6) is 0 Å². The van der Waals surface area contributed by atoms with Crippen molar-refractivity contribution in [2.75, 3.05) is 35.7 Å². The molecule has 39 heavy (non-hydrogen) atoms. The second-order valence-corrected chi connectivity index (χ2v) is 9.79. The molecule has 4 rings (SSSR count). The molecule has 0 spiro atoms. The van der Waals surface area contributed by atoms with Crippen LogP contribution in [0.3, 0.4) is 0 Å². The third-order valence-electron chi connectivity index (χ3n) is 6.46. The van der Waals surface area contributed by atoms with Crippen LogP contribution in [0.15, 0.2) is 47.3 Å². The molecule has 2 heterocycles. The molecule has 1 saturated heterocycles. The van der Waals surface area contributed by atoms with Gasteiger partial charge in [-0.15, -0.1) is 0 Å². The molecule has 3 aromatic rings. The number of hydrogen-bond donors (Lipinski definition) is 5. The molecule has 6 N–H and O–H groups in total. The maximum Gasteiger partial charge on any atom is 0.276 e. The van der Waals surface area contributed by atoms with Gasteiger partial charge in [0.1, 0.15) is 11.4 Å². The van der Waals surface area contributed by atoms with Gasteiger partial charge in [0.15, 0.2) is 11.6 Å². The first-order chi connectivity index (χ1) is 18.6. The molecule has 2 unspecified atom stereocenters. The molecule has 0 aliphatic carbocycles. The van der Waals surface area contributed by atoms with Crippen molar-refractivity contribution in [2.45, 2.75) is 44.9 Å². The van der Waals surface area contributed by atoms with Crippen LogP contribution in [0.25, 0.3) is 5.69 Å². The van der Waals surface area contributed by atoms with Crippen LogP contribution in [0.2, 0.25) is 0 Å². The summed E-state index contributed by atoms with van der Waals surface area (Å²) in [6, 6.07) is 8.67. The van der Waals surface area contributed by atoms with Crippen molar-refractivity contribution in [2.24, 2.45) is 5.73 Å². The number of aromatic nitrogens is 2. The van der Waals surface area contributed by atoms with Gasteiger partial charge in [0.2, 0.25) is 0 Å². The molecule has 10 nitrogen and oxygen atoms in total. The summed E-state index contributed by atoms with van der Waals surface area (Å²) in [7, 11) is 1.81. The molecule has 1 aliphatic rings. The van der Waals surface area contributed by atoms with E-state index in [-0.39, 0.29) is 30.4 Å². The highest BCUT2D eigenvalue weighted by Crippen LogP contribution is 2.39. The van der Waals surface area contributed by atoms with E-state index in [1.807, 2.05) is 31.9 Å². The number of halogens is 2. The van der Waals surface area contributed by atoms with Gasteiger partial charge in [0, 0.05) is 42.5 Å². The van der Waals surface area contributed by atoms with Crippen molar-refractivity contribution in [3.05, 3.63) is 75.7 Å². The van der Waals surface area contributed by atoms with E-state index in [1.54, 1.807) is 6.07 Å². The minimum atomic E-state index is -0.991. The lowest BCUT2D eigenvalue weighted by Crippen LogP contribution is -2.35. The number of nitrogens with one attached hydrogen (secondary N) is 3. The molecule has 1 fully saturated rings. The van der Waals surface area contributed by atoms with Gasteiger partial charge in [-0.2, -0.15) is 9.78 Å². The zero-order valence-electron chi connectivity index (χ0n) is 22.0. The second kappa shape index (κ2) is 11.9. The van der Waals surface area contributed by atoms with E-state index in [1.165, 1.54) is 12.1 Å². The lowest BCUT2D eigenvalue weighted by molar-refractivity contribution is 0.102. The number of anilines is 3. The van der Waals surface area contributed by atoms with E-state index in [0.717, 1.165) is 29.4 Å². The molecule has 12 heteroatoms. The monoisotopic (exact) mass is 541 g/mol. The Morgan fingerprint density at radius 3 is 2.46 bits per heavy atom. The molecule has 0 bridgehead atoms. The lowest BCUT2D eigenvalue weighted by Gasteiger charge is -2.31. The smallest absolute Gasteiger partial charge is 0.276 e. The van der Waals surface area contributed by atoms with Crippen molar-refractivity contribution < 1.29 is 18.7 Å². The first kappa shape index (κ1) is 28.1. The molecule has 0 saturated carbocycles. The van der Waals surface area contributed by atoms with E-state index < -0.39 is 28.8 Å². The Labute approximate surface area is 224 Å². The van der Waals surface area contributed by atoms with Gasteiger partial charge in [-0.25, -0.2) is 8.78 Å². The highest BCUT2D eigenvalue weighted by Gasteiger charge is 2.33. The van der Waals surface area contributed by atoms with Crippen LogP contribution in [0.1, 0.15) is 36.3 Å². The number of carbonyl (C=O) groups excluding carboxylic acids is 1. The molecular formula is C27H33F2N7O3. The van der Waals surface area contributed by atoms with E-state index in [0.29, 0.717) is 35.6 Å². The van der Waals surface area contributed by atoms with Gasteiger partial charge in [-0.3, -0.25) is 9.59 Å².